The fourth-order valence-electron chi connectivity index (χ4n) is 3.50. The van der Waals surface area contributed by atoms with Gasteiger partial charge in [-0.1, -0.05) is 38.1 Å². The van der Waals surface area contributed by atoms with E-state index >= 15 is 0 Å². The van der Waals surface area contributed by atoms with Gasteiger partial charge < -0.3 is 9.84 Å². The monoisotopic (exact) mass is 379 g/mol. The van der Waals surface area contributed by atoms with Crippen molar-refractivity contribution >= 4 is 17.4 Å². The number of ketones is 1. The van der Waals surface area contributed by atoms with Gasteiger partial charge in [-0.2, -0.15) is 0 Å². The van der Waals surface area contributed by atoms with E-state index in [0.29, 0.717) is 11.4 Å². The van der Waals surface area contributed by atoms with Crippen molar-refractivity contribution in [2.75, 3.05) is 12.0 Å². The van der Waals surface area contributed by atoms with Crippen LogP contribution in [0.1, 0.15) is 36.6 Å². The fourth-order valence-corrected chi connectivity index (χ4v) is 3.50. The summed E-state index contributed by atoms with van der Waals surface area (Å²) in [4.78, 5) is 27.5. The Bertz CT molecular complexity index is 957. The Labute approximate surface area is 165 Å². The molecule has 0 bridgehead atoms. The molecule has 5 nitrogen and oxygen atoms in total. The molecule has 5 heteroatoms. The molecule has 1 N–H and O–H groups in total. The van der Waals surface area contributed by atoms with E-state index in [1.807, 2.05) is 44.2 Å². The SMILES string of the molecule is COc1ccc(C2C(C(=O)C(C)C)=C(O)C(=O)N2c2cc(C)ccc2C)cc1. The predicted octanol–water partition coefficient (Wildman–Crippen LogP) is 4.44. The van der Waals surface area contributed by atoms with E-state index in [2.05, 4.69) is 0 Å². The van der Waals surface area contributed by atoms with Crippen LogP contribution in [-0.4, -0.2) is 23.9 Å². The van der Waals surface area contributed by atoms with Crippen molar-refractivity contribution in [3.05, 3.63) is 70.5 Å². The van der Waals surface area contributed by atoms with E-state index in [1.165, 1.54) is 4.90 Å². The maximum atomic E-state index is 13.1. The Morgan fingerprint density at radius 3 is 2.32 bits per heavy atom. The van der Waals surface area contributed by atoms with Gasteiger partial charge in [-0.25, -0.2) is 0 Å². The van der Waals surface area contributed by atoms with Gasteiger partial charge in [-0.15, -0.1) is 0 Å². The number of Topliss-reactive ketones (excluding diaryl/α,β-unsaturated/α-hetero) is 1. The Balaban J connectivity index is 2.21. The summed E-state index contributed by atoms with van der Waals surface area (Å²) >= 11 is 0. The first-order chi connectivity index (χ1) is 13.3. The number of aliphatic hydroxyl groups is 1. The second-order valence-electron chi connectivity index (χ2n) is 7.42. The minimum absolute atomic E-state index is 0.145. The average molecular weight is 379 g/mol. The number of ether oxygens (including phenoxy) is 1. The van der Waals surface area contributed by atoms with Crippen LogP contribution in [0.15, 0.2) is 53.8 Å². The molecule has 0 spiro atoms. The Kier molecular flexibility index (Phi) is 5.27. The third-order valence-corrected chi connectivity index (χ3v) is 5.05. The molecule has 3 rings (SSSR count). The second kappa shape index (κ2) is 7.50. The van der Waals surface area contributed by atoms with Crippen molar-refractivity contribution in [3.63, 3.8) is 0 Å². The molecular formula is C23H25NO4. The normalized spacial score (nSPS) is 16.9. The number of hydrogen-bond acceptors (Lipinski definition) is 4. The van der Waals surface area contributed by atoms with Crippen molar-refractivity contribution in [1.29, 1.82) is 0 Å². The number of nitrogens with zero attached hydrogens (tertiary/aromatic N) is 1. The summed E-state index contributed by atoms with van der Waals surface area (Å²) in [6, 6.07) is 12.3. The lowest BCUT2D eigenvalue weighted by Gasteiger charge is -2.29. The van der Waals surface area contributed by atoms with E-state index < -0.39 is 17.7 Å². The molecule has 1 unspecified atom stereocenters. The van der Waals surface area contributed by atoms with Crippen LogP contribution in [-0.2, 0) is 9.59 Å². The molecule has 0 saturated carbocycles. The molecule has 0 saturated heterocycles. The lowest BCUT2D eigenvalue weighted by molar-refractivity contribution is -0.119. The third-order valence-electron chi connectivity index (χ3n) is 5.05. The minimum Gasteiger partial charge on any atom is -0.503 e. The van der Waals surface area contributed by atoms with Gasteiger partial charge in [-0.05, 0) is 48.7 Å². The van der Waals surface area contributed by atoms with Gasteiger partial charge in [0.1, 0.15) is 5.75 Å². The Morgan fingerprint density at radius 1 is 1.11 bits per heavy atom. The lowest BCUT2D eigenvalue weighted by atomic mass is 9.91. The first-order valence-corrected chi connectivity index (χ1v) is 9.28. The molecule has 1 amide bonds. The molecule has 1 heterocycles. The zero-order valence-electron chi connectivity index (χ0n) is 16.8. The molecule has 146 valence electrons. The molecule has 1 aliphatic rings. The summed E-state index contributed by atoms with van der Waals surface area (Å²) in [6.07, 6.45) is 0. The number of methoxy groups -OCH3 is 1. The van der Waals surface area contributed by atoms with Crippen molar-refractivity contribution in [2.24, 2.45) is 5.92 Å². The van der Waals surface area contributed by atoms with Gasteiger partial charge in [0, 0.05) is 11.6 Å². The van der Waals surface area contributed by atoms with E-state index in [-0.39, 0.29) is 17.3 Å². The largest absolute Gasteiger partial charge is 0.503 e. The van der Waals surface area contributed by atoms with E-state index in [1.54, 1.807) is 33.1 Å². The molecule has 0 aromatic heterocycles. The van der Waals surface area contributed by atoms with Crippen molar-refractivity contribution in [1.82, 2.24) is 0 Å². The number of rotatable bonds is 5. The highest BCUT2D eigenvalue weighted by Gasteiger charge is 2.45. The number of hydrogen-bond donors (Lipinski definition) is 1. The van der Waals surface area contributed by atoms with Gasteiger partial charge in [-0.3, -0.25) is 14.5 Å². The first-order valence-electron chi connectivity index (χ1n) is 9.28. The quantitative estimate of drug-likeness (QED) is 0.834. The van der Waals surface area contributed by atoms with Crippen LogP contribution in [0.5, 0.6) is 5.75 Å². The summed E-state index contributed by atoms with van der Waals surface area (Å²) in [5.41, 5.74) is 3.45. The predicted molar refractivity (Wildman–Crippen MR) is 109 cm³/mol. The highest BCUT2D eigenvalue weighted by atomic mass is 16.5. The standard InChI is InChI=1S/C23H25NO4/c1-13(2)21(25)19-20(16-8-10-17(28-5)11-9-16)24(23(27)22(19)26)18-12-14(3)6-7-15(18)4/h6-13,20,26H,1-5H3. The van der Waals surface area contributed by atoms with Crippen LogP contribution in [0.2, 0.25) is 0 Å². The maximum Gasteiger partial charge on any atom is 0.294 e. The second-order valence-corrected chi connectivity index (χ2v) is 7.42. The van der Waals surface area contributed by atoms with Crippen molar-refractivity contribution in [3.8, 4) is 5.75 Å². The molecule has 1 aliphatic heterocycles. The highest BCUT2D eigenvalue weighted by Crippen LogP contribution is 2.43. The van der Waals surface area contributed by atoms with Gasteiger partial charge in [0.2, 0.25) is 0 Å². The summed E-state index contributed by atoms with van der Waals surface area (Å²) in [5, 5.41) is 10.6. The zero-order chi connectivity index (χ0) is 20.6. The third kappa shape index (κ3) is 3.28. The van der Waals surface area contributed by atoms with Crippen molar-refractivity contribution in [2.45, 2.75) is 33.7 Å². The number of benzene rings is 2. The molecule has 0 radical (unpaired) electrons. The summed E-state index contributed by atoms with van der Waals surface area (Å²) < 4.78 is 5.22. The van der Waals surface area contributed by atoms with Gasteiger partial charge in [0.05, 0.1) is 18.7 Å². The van der Waals surface area contributed by atoms with E-state index in [4.69, 9.17) is 4.74 Å². The lowest BCUT2D eigenvalue weighted by Crippen LogP contribution is -2.32. The van der Waals surface area contributed by atoms with Crippen LogP contribution in [0.4, 0.5) is 5.69 Å². The zero-order valence-corrected chi connectivity index (χ0v) is 16.8. The van der Waals surface area contributed by atoms with Gasteiger partial charge >= 0.3 is 0 Å². The highest BCUT2D eigenvalue weighted by molar-refractivity contribution is 6.17. The minimum atomic E-state index is -0.686. The van der Waals surface area contributed by atoms with Crippen LogP contribution < -0.4 is 9.64 Å². The molecular weight excluding hydrogens is 354 g/mol. The molecule has 28 heavy (non-hydrogen) atoms. The van der Waals surface area contributed by atoms with Gasteiger partial charge in [0.25, 0.3) is 5.91 Å². The first kappa shape index (κ1) is 19.7. The molecule has 2 aromatic rings. The Morgan fingerprint density at radius 2 is 1.75 bits per heavy atom. The molecule has 2 aromatic carbocycles. The number of anilines is 1. The van der Waals surface area contributed by atoms with E-state index in [9.17, 15) is 14.7 Å². The Hall–Kier alpha value is -3.08. The smallest absolute Gasteiger partial charge is 0.294 e. The molecule has 0 fully saturated rings. The average Bonchev–Trinajstić information content (AvgIpc) is 2.94. The topological polar surface area (TPSA) is 66.8 Å². The van der Waals surface area contributed by atoms with Crippen LogP contribution in [0.3, 0.4) is 0 Å². The fraction of sp³-hybridized carbons (Fsp3) is 0.304. The van der Waals surface area contributed by atoms with Crippen molar-refractivity contribution < 1.29 is 19.4 Å². The number of carbonyl (C=O) groups is 2. The summed E-state index contributed by atoms with van der Waals surface area (Å²) in [6.45, 7) is 7.38. The van der Waals surface area contributed by atoms with E-state index in [0.717, 1.165) is 16.7 Å². The van der Waals surface area contributed by atoms with Crippen LogP contribution >= 0.6 is 0 Å². The number of amides is 1. The number of carbonyl (C=O) groups excluding carboxylic acids is 2. The number of aryl methyl sites for hydroxylation is 2. The molecule has 1 atom stereocenters. The van der Waals surface area contributed by atoms with Crippen LogP contribution in [0.25, 0.3) is 0 Å². The summed E-state index contributed by atoms with van der Waals surface area (Å²) in [7, 11) is 1.58. The summed E-state index contributed by atoms with van der Waals surface area (Å²) in [5.74, 6) is -0.932. The number of aliphatic hydroxyl groups excluding tert-OH is 1. The maximum absolute atomic E-state index is 13.1. The van der Waals surface area contributed by atoms with Crippen LogP contribution in [0, 0.1) is 19.8 Å². The molecule has 0 aliphatic carbocycles. The van der Waals surface area contributed by atoms with Gasteiger partial charge in [0.15, 0.2) is 11.5 Å².